The summed E-state index contributed by atoms with van der Waals surface area (Å²) in [5.74, 6) is 27.1. The second-order valence-corrected chi connectivity index (χ2v) is 10.2. The normalized spacial score (nSPS) is 9.42. The number of hydrogen-bond donors (Lipinski definition) is 0. The van der Waals surface area contributed by atoms with E-state index >= 15 is 0 Å². The average Bonchev–Trinajstić information content (AvgIpc) is 2.95. The van der Waals surface area contributed by atoms with Crippen molar-refractivity contribution in [3.63, 3.8) is 0 Å². The number of carbonyl (C=O) groups excluding carboxylic acids is 2. The molecule has 0 aliphatic rings. The smallest absolute Gasteiger partial charge is 0.790 e. The van der Waals surface area contributed by atoms with Crippen LogP contribution in [0.2, 0.25) is 0 Å². The fraction of sp³-hybridized carbons (Fsp3) is 0.576. The van der Waals surface area contributed by atoms with Crippen molar-refractivity contribution in [2.45, 2.75) is 110 Å². The first-order valence-electron chi connectivity index (χ1n) is 14.2. The molecule has 0 amide bonds. The number of esters is 2. The molecule has 0 aromatic heterocycles. The molecule has 256 valence electrons. The molecule has 0 heterocycles. The Kier molecular flexibility index (Phi) is 41.9. The number of unbranched alkanes of at least 4 members (excludes halogenated alkanes) is 12. The Morgan fingerprint density at radius 1 is 0.689 bits per heavy atom. The third-order valence-electron chi connectivity index (χ3n) is 5.45. The number of carbonyl (C=O) groups is 2. The summed E-state index contributed by atoms with van der Waals surface area (Å²) in [6.45, 7) is 2.54. The van der Waals surface area contributed by atoms with Crippen LogP contribution in [-0.2, 0) is 28.2 Å². The molecule has 0 saturated carbocycles. The molecule has 45 heavy (non-hydrogen) atoms. The van der Waals surface area contributed by atoms with Gasteiger partial charge in [0, 0.05) is 28.0 Å². The predicted octanol–water partition coefficient (Wildman–Crippen LogP) is 0.635. The number of hydrogen-bond acceptors (Lipinski definition) is 8. The van der Waals surface area contributed by atoms with Crippen molar-refractivity contribution < 1.29 is 113 Å². The summed E-state index contributed by atoms with van der Waals surface area (Å²) in [7, 11) is -5.32. The van der Waals surface area contributed by atoms with Crippen LogP contribution in [0.4, 0.5) is 0 Å². The average molecular weight is 697 g/mol. The van der Waals surface area contributed by atoms with Gasteiger partial charge in [-0.25, -0.2) is 4.79 Å². The van der Waals surface area contributed by atoms with Crippen LogP contribution in [0.5, 0.6) is 0 Å². The Labute approximate surface area is 338 Å². The van der Waals surface area contributed by atoms with E-state index in [-0.39, 0.29) is 94.7 Å². The fourth-order valence-electron chi connectivity index (χ4n) is 3.42. The SMILES string of the molecule is CC#CC#CC#CC#CC#CC#CC(=O)OC[C@H](COP(=O)([O-])[O-])OC(=O)CCCCCCCCCCCCCCC.S.[HH].[HH].[HH].[HH].[HH].[HH].[HH].[HH].[HH].[HH].[HH].[Na+].[Na+]. The van der Waals surface area contributed by atoms with E-state index < -0.39 is 39.1 Å². The number of ether oxygens (including phenoxy) is 2. The zero-order valence-electron chi connectivity index (χ0n) is 27.1. The van der Waals surface area contributed by atoms with E-state index in [9.17, 15) is 23.9 Å². The monoisotopic (exact) mass is 696 g/mol. The minimum Gasteiger partial charge on any atom is -0.790 e. The van der Waals surface area contributed by atoms with Gasteiger partial charge in [0.25, 0.3) is 0 Å². The Morgan fingerprint density at radius 2 is 1.11 bits per heavy atom. The van der Waals surface area contributed by atoms with Gasteiger partial charge >= 0.3 is 71.1 Å². The van der Waals surface area contributed by atoms with Gasteiger partial charge in [-0.1, -0.05) is 89.9 Å². The quantitative estimate of drug-likeness (QED) is 0.0454. The van der Waals surface area contributed by atoms with Crippen molar-refractivity contribution in [3.05, 3.63) is 0 Å². The first-order chi connectivity index (χ1) is 20.3. The summed E-state index contributed by atoms with van der Waals surface area (Å²) >= 11 is 0. The van der Waals surface area contributed by atoms with Gasteiger partial charge in [-0.05, 0) is 72.5 Å². The Morgan fingerprint density at radius 3 is 1.56 bits per heavy atom. The van der Waals surface area contributed by atoms with Gasteiger partial charge in [0.2, 0.25) is 0 Å². The summed E-state index contributed by atoms with van der Waals surface area (Å²) < 4.78 is 25.0. The van der Waals surface area contributed by atoms with E-state index in [2.05, 4.69) is 82.5 Å². The standard InChI is InChI=1S/C33H41O8P.2Na.H2S.11H2/c1-3-5-7-9-11-13-15-16-18-20-22-24-26-28-33(35)41-31(30-40-42(36,37)38)29-39-32(34)27-25-23-21-19-17-14-12-10-8-6-4-2;;;;;;;;;;;;;;/h31H,3,5,7,9,11,13,15-16,18,20,22,24,26,28-30H2,1-2H3,(H2,36,37,38);;;1H2;11*1H/q;2*+1;;;;;;;;;;;;/p-2/t31-;;;;;;;;;;;;;;/m1............../s1. The Balaban J connectivity index is -0.0000000924. The first kappa shape index (κ1) is 50.6. The van der Waals surface area contributed by atoms with Gasteiger partial charge in [-0.2, -0.15) is 13.5 Å². The van der Waals surface area contributed by atoms with Gasteiger partial charge in [0.05, 0.1) is 14.4 Å². The van der Waals surface area contributed by atoms with Gasteiger partial charge in [0.1, 0.15) is 6.61 Å². The predicted molar refractivity (Wildman–Crippen MR) is 191 cm³/mol. The molecule has 0 aromatic carbocycles. The van der Waals surface area contributed by atoms with Crippen LogP contribution >= 0.6 is 21.3 Å². The topological polar surface area (TPSA) is 125 Å². The molecule has 0 radical (unpaired) electrons. The van der Waals surface area contributed by atoms with Gasteiger partial charge in [-0.15, -0.1) is 0 Å². The van der Waals surface area contributed by atoms with Crippen molar-refractivity contribution in [1.29, 1.82) is 0 Å². The maximum atomic E-state index is 12.2. The minimum absolute atomic E-state index is 0. The van der Waals surface area contributed by atoms with E-state index in [1.165, 1.54) is 57.8 Å². The molecule has 0 aliphatic carbocycles. The van der Waals surface area contributed by atoms with E-state index in [4.69, 9.17) is 9.47 Å². The summed E-state index contributed by atoms with van der Waals surface area (Å²) in [5, 5.41) is 0. The molecule has 1 atom stereocenters. The number of phosphoric ester groups is 1. The van der Waals surface area contributed by atoms with Crippen molar-refractivity contribution in [2.24, 2.45) is 0 Å². The van der Waals surface area contributed by atoms with Gasteiger partial charge < -0.3 is 28.3 Å². The third-order valence-corrected chi connectivity index (χ3v) is 5.92. The molecule has 0 fully saturated rings. The van der Waals surface area contributed by atoms with Crippen LogP contribution in [0.25, 0.3) is 0 Å². The van der Waals surface area contributed by atoms with Crippen molar-refractivity contribution in [3.8, 4) is 71.0 Å². The maximum absolute atomic E-state index is 12.2. The molecule has 0 saturated heterocycles. The second-order valence-electron chi connectivity index (χ2n) is 9.07. The minimum atomic E-state index is -5.32. The molecular formula is C33H63Na2O8PS. The second kappa shape index (κ2) is 37.2. The fourth-order valence-corrected chi connectivity index (χ4v) is 3.77. The summed E-state index contributed by atoms with van der Waals surface area (Å²) in [6, 6.07) is 0. The van der Waals surface area contributed by atoms with E-state index in [1.54, 1.807) is 6.92 Å². The number of phosphoric acid groups is 1. The molecule has 0 bridgehead atoms. The Hall–Kier alpha value is -1.24. The van der Waals surface area contributed by atoms with Crippen LogP contribution in [-0.4, -0.2) is 31.3 Å². The third kappa shape index (κ3) is 40.7. The van der Waals surface area contributed by atoms with Crippen LogP contribution < -0.4 is 68.9 Å². The molecule has 0 unspecified atom stereocenters. The molecule has 8 nitrogen and oxygen atoms in total. The molecule has 0 N–H and O–H groups in total. The van der Waals surface area contributed by atoms with Crippen molar-refractivity contribution in [1.82, 2.24) is 0 Å². The van der Waals surface area contributed by atoms with Crippen LogP contribution in [0.1, 0.15) is 119 Å². The van der Waals surface area contributed by atoms with Crippen molar-refractivity contribution >= 4 is 33.3 Å². The zero-order valence-corrected chi connectivity index (χ0v) is 33.0. The van der Waals surface area contributed by atoms with Gasteiger partial charge in [0.15, 0.2) is 6.10 Å². The molecule has 0 spiro atoms. The maximum Gasteiger partial charge on any atom is 1.00 e. The summed E-state index contributed by atoms with van der Waals surface area (Å²) in [6.07, 6.45) is 13.9. The Bertz CT molecular complexity index is 1290. The molecular weight excluding hydrogens is 633 g/mol. The molecule has 0 rings (SSSR count). The first-order valence-corrected chi connectivity index (χ1v) is 15.7. The number of rotatable bonds is 20. The zero-order chi connectivity index (χ0) is 31.2. The van der Waals surface area contributed by atoms with E-state index in [1.807, 2.05) is 0 Å². The van der Waals surface area contributed by atoms with Crippen LogP contribution in [0.15, 0.2) is 0 Å². The van der Waals surface area contributed by atoms with Crippen LogP contribution in [0.3, 0.4) is 0 Å². The summed E-state index contributed by atoms with van der Waals surface area (Å²) in [5.41, 5.74) is 0. The van der Waals surface area contributed by atoms with E-state index in [0.29, 0.717) is 6.42 Å². The molecule has 0 aliphatic heterocycles. The van der Waals surface area contributed by atoms with Gasteiger partial charge in [-0.3, -0.25) is 4.79 Å². The largest absolute Gasteiger partial charge is 1.00 e. The molecule has 0 aromatic rings. The van der Waals surface area contributed by atoms with E-state index in [0.717, 1.165) is 19.3 Å². The van der Waals surface area contributed by atoms with Crippen LogP contribution in [0, 0.1) is 71.0 Å². The summed E-state index contributed by atoms with van der Waals surface area (Å²) in [4.78, 5) is 45.6. The van der Waals surface area contributed by atoms with Crippen molar-refractivity contribution in [2.75, 3.05) is 13.2 Å². The molecule has 12 heteroatoms.